The van der Waals surface area contributed by atoms with Crippen LogP contribution in [0.25, 0.3) is 11.3 Å². The first-order chi connectivity index (χ1) is 8.29. The first-order valence-electron chi connectivity index (χ1n) is 5.57. The number of benzene rings is 1. The number of hydrogen-bond acceptors (Lipinski definition) is 2. The molecule has 0 aliphatic carbocycles. The van der Waals surface area contributed by atoms with Crippen molar-refractivity contribution in [2.75, 3.05) is 6.61 Å². The summed E-state index contributed by atoms with van der Waals surface area (Å²) in [4.78, 5) is 4.44. The van der Waals surface area contributed by atoms with Crippen LogP contribution in [0, 0.1) is 6.92 Å². The molecule has 86 valence electrons. The number of hydrogen-bond donors (Lipinski definition) is 0. The van der Waals surface area contributed by atoms with Crippen molar-refractivity contribution >= 4 is 0 Å². The summed E-state index contributed by atoms with van der Waals surface area (Å²) in [7, 11) is 0. The average Bonchev–Trinajstić information content (AvgIpc) is 2.37. The van der Waals surface area contributed by atoms with Gasteiger partial charge >= 0.3 is 0 Å². The van der Waals surface area contributed by atoms with Crippen molar-refractivity contribution in [3.63, 3.8) is 0 Å². The van der Waals surface area contributed by atoms with Crippen molar-refractivity contribution in [1.29, 1.82) is 0 Å². The molecule has 0 fully saturated rings. The largest absolute Gasteiger partial charge is 0.473 e. The van der Waals surface area contributed by atoms with E-state index in [1.807, 2.05) is 18.2 Å². The Balaban J connectivity index is 2.26. The number of nitrogens with zero attached hydrogens (tertiary/aromatic N) is 1. The Hall–Kier alpha value is -2.09. The molecule has 2 nitrogen and oxygen atoms in total. The van der Waals surface area contributed by atoms with Crippen LogP contribution in [0.2, 0.25) is 0 Å². The van der Waals surface area contributed by atoms with E-state index in [1.54, 1.807) is 6.08 Å². The van der Waals surface area contributed by atoms with Gasteiger partial charge < -0.3 is 4.74 Å². The van der Waals surface area contributed by atoms with Crippen LogP contribution in [-0.4, -0.2) is 11.6 Å². The highest BCUT2D eigenvalue weighted by Crippen LogP contribution is 2.20. The Labute approximate surface area is 102 Å². The summed E-state index contributed by atoms with van der Waals surface area (Å²) in [5.41, 5.74) is 3.26. The number of pyridine rings is 1. The van der Waals surface area contributed by atoms with Gasteiger partial charge in [0.05, 0.1) is 5.69 Å². The molecular formula is C15H15NO. The van der Waals surface area contributed by atoms with Crippen LogP contribution in [0.4, 0.5) is 0 Å². The van der Waals surface area contributed by atoms with E-state index >= 15 is 0 Å². The SMILES string of the molecule is C=CCOc1cccc(-c2ccc(C)cc2)n1. The number of aryl methyl sites for hydroxylation is 1. The molecule has 0 radical (unpaired) electrons. The summed E-state index contributed by atoms with van der Waals surface area (Å²) in [6.45, 7) is 6.16. The lowest BCUT2D eigenvalue weighted by Crippen LogP contribution is -1.96. The molecule has 17 heavy (non-hydrogen) atoms. The molecule has 0 N–H and O–H groups in total. The maximum Gasteiger partial charge on any atom is 0.214 e. The summed E-state index contributed by atoms with van der Waals surface area (Å²) < 4.78 is 5.41. The van der Waals surface area contributed by atoms with Crippen LogP contribution in [0.15, 0.2) is 55.1 Å². The number of ether oxygens (including phenoxy) is 1. The highest BCUT2D eigenvalue weighted by Gasteiger charge is 2.00. The Morgan fingerprint density at radius 2 is 1.94 bits per heavy atom. The number of rotatable bonds is 4. The van der Waals surface area contributed by atoms with E-state index in [0.29, 0.717) is 12.5 Å². The second-order valence-corrected chi connectivity index (χ2v) is 3.83. The fraction of sp³-hybridized carbons (Fsp3) is 0.133. The topological polar surface area (TPSA) is 22.1 Å². The molecule has 0 unspecified atom stereocenters. The second kappa shape index (κ2) is 5.30. The maximum absolute atomic E-state index is 5.41. The number of aromatic nitrogens is 1. The minimum atomic E-state index is 0.477. The molecule has 2 aromatic rings. The van der Waals surface area contributed by atoms with Crippen LogP contribution in [0.1, 0.15) is 5.56 Å². The molecule has 0 atom stereocenters. The van der Waals surface area contributed by atoms with Gasteiger partial charge in [-0.25, -0.2) is 4.98 Å². The molecule has 0 bridgehead atoms. The van der Waals surface area contributed by atoms with Crippen molar-refractivity contribution in [2.24, 2.45) is 0 Å². The molecule has 0 spiro atoms. The lowest BCUT2D eigenvalue weighted by atomic mass is 10.1. The second-order valence-electron chi connectivity index (χ2n) is 3.83. The zero-order valence-corrected chi connectivity index (χ0v) is 9.89. The van der Waals surface area contributed by atoms with Crippen LogP contribution in [-0.2, 0) is 0 Å². The van der Waals surface area contributed by atoms with E-state index in [4.69, 9.17) is 4.74 Å². The summed E-state index contributed by atoms with van der Waals surface area (Å²) in [6, 6.07) is 14.1. The fourth-order valence-corrected chi connectivity index (χ4v) is 1.52. The molecule has 1 heterocycles. The summed E-state index contributed by atoms with van der Waals surface area (Å²) >= 11 is 0. The third-order valence-corrected chi connectivity index (χ3v) is 2.42. The molecule has 0 amide bonds. The van der Waals surface area contributed by atoms with Gasteiger partial charge in [-0.3, -0.25) is 0 Å². The first kappa shape index (κ1) is 11.4. The summed E-state index contributed by atoms with van der Waals surface area (Å²) in [6.07, 6.45) is 1.71. The Morgan fingerprint density at radius 3 is 2.65 bits per heavy atom. The average molecular weight is 225 g/mol. The minimum Gasteiger partial charge on any atom is -0.473 e. The molecule has 0 aliphatic rings. The monoisotopic (exact) mass is 225 g/mol. The predicted molar refractivity (Wildman–Crippen MR) is 70.1 cm³/mol. The fourth-order valence-electron chi connectivity index (χ4n) is 1.52. The molecule has 0 saturated heterocycles. The molecule has 2 heteroatoms. The van der Waals surface area contributed by atoms with Gasteiger partial charge in [0, 0.05) is 11.6 Å². The Bertz CT molecular complexity index is 503. The highest BCUT2D eigenvalue weighted by atomic mass is 16.5. The van der Waals surface area contributed by atoms with E-state index in [2.05, 4.69) is 42.8 Å². The molecule has 2 rings (SSSR count). The van der Waals surface area contributed by atoms with Crippen molar-refractivity contribution in [3.8, 4) is 17.1 Å². The van der Waals surface area contributed by atoms with Gasteiger partial charge in [-0.1, -0.05) is 48.6 Å². The highest BCUT2D eigenvalue weighted by molar-refractivity contribution is 5.59. The normalized spacial score (nSPS) is 9.94. The van der Waals surface area contributed by atoms with Crippen LogP contribution >= 0.6 is 0 Å². The van der Waals surface area contributed by atoms with Gasteiger partial charge in [0.15, 0.2) is 0 Å². The Kier molecular flexibility index (Phi) is 3.55. The van der Waals surface area contributed by atoms with Crippen LogP contribution < -0.4 is 4.74 Å². The summed E-state index contributed by atoms with van der Waals surface area (Å²) in [5, 5.41) is 0. The quantitative estimate of drug-likeness (QED) is 0.741. The lowest BCUT2D eigenvalue weighted by Gasteiger charge is -2.05. The smallest absolute Gasteiger partial charge is 0.214 e. The third kappa shape index (κ3) is 2.94. The van der Waals surface area contributed by atoms with E-state index in [9.17, 15) is 0 Å². The first-order valence-corrected chi connectivity index (χ1v) is 5.57. The lowest BCUT2D eigenvalue weighted by molar-refractivity contribution is 0.349. The molecule has 0 saturated carbocycles. The third-order valence-electron chi connectivity index (χ3n) is 2.42. The van der Waals surface area contributed by atoms with Gasteiger partial charge in [0.1, 0.15) is 6.61 Å². The van der Waals surface area contributed by atoms with Gasteiger partial charge in [-0.05, 0) is 13.0 Å². The van der Waals surface area contributed by atoms with Crippen molar-refractivity contribution < 1.29 is 4.74 Å². The van der Waals surface area contributed by atoms with Gasteiger partial charge in [-0.15, -0.1) is 0 Å². The molecule has 1 aromatic carbocycles. The van der Waals surface area contributed by atoms with E-state index in [-0.39, 0.29) is 0 Å². The van der Waals surface area contributed by atoms with Gasteiger partial charge in [0.2, 0.25) is 5.88 Å². The van der Waals surface area contributed by atoms with Gasteiger partial charge in [-0.2, -0.15) is 0 Å². The minimum absolute atomic E-state index is 0.477. The van der Waals surface area contributed by atoms with E-state index in [0.717, 1.165) is 11.3 Å². The Morgan fingerprint density at radius 1 is 1.18 bits per heavy atom. The zero-order chi connectivity index (χ0) is 12.1. The van der Waals surface area contributed by atoms with E-state index < -0.39 is 0 Å². The molecule has 0 aliphatic heterocycles. The van der Waals surface area contributed by atoms with Crippen LogP contribution in [0.5, 0.6) is 5.88 Å². The molecular weight excluding hydrogens is 210 g/mol. The van der Waals surface area contributed by atoms with Crippen LogP contribution in [0.3, 0.4) is 0 Å². The van der Waals surface area contributed by atoms with Gasteiger partial charge in [0.25, 0.3) is 0 Å². The van der Waals surface area contributed by atoms with E-state index in [1.165, 1.54) is 5.56 Å². The predicted octanol–water partition coefficient (Wildman–Crippen LogP) is 3.62. The van der Waals surface area contributed by atoms with Crippen molar-refractivity contribution in [2.45, 2.75) is 6.92 Å². The maximum atomic E-state index is 5.41. The van der Waals surface area contributed by atoms with Crippen molar-refractivity contribution in [3.05, 3.63) is 60.7 Å². The summed E-state index contributed by atoms with van der Waals surface area (Å²) in [5.74, 6) is 0.628. The van der Waals surface area contributed by atoms with Crippen molar-refractivity contribution in [1.82, 2.24) is 4.98 Å². The standard InChI is InChI=1S/C15H15NO/c1-3-11-17-15-6-4-5-14(16-15)13-9-7-12(2)8-10-13/h3-10H,1,11H2,2H3. The molecule has 1 aromatic heterocycles. The zero-order valence-electron chi connectivity index (χ0n) is 9.89.